The molecule has 5 heteroatoms. The summed E-state index contributed by atoms with van der Waals surface area (Å²) in [4.78, 5) is 6.84. The van der Waals surface area contributed by atoms with Gasteiger partial charge in [-0.05, 0) is 43.5 Å². The molecule has 106 valence electrons. The molecule has 3 nitrogen and oxygen atoms in total. The Morgan fingerprint density at radius 1 is 1.30 bits per heavy atom. The Labute approximate surface area is 121 Å². The summed E-state index contributed by atoms with van der Waals surface area (Å²) in [5.41, 5.74) is 1.79. The lowest BCUT2D eigenvalue weighted by Gasteiger charge is -2.37. The van der Waals surface area contributed by atoms with Crippen LogP contribution in [0.15, 0.2) is 29.6 Å². The van der Waals surface area contributed by atoms with Crippen molar-refractivity contribution in [1.82, 2.24) is 4.98 Å². The minimum atomic E-state index is -0.236. The van der Waals surface area contributed by atoms with Crippen molar-refractivity contribution in [2.45, 2.75) is 25.3 Å². The zero-order chi connectivity index (χ0) is 13.9. The van der Waals surface area contributed by atoms with Crippen LogP contribution in [0.25, 0.3) is 11.3 Å². The fourth-order valence-electron chi connectivity index (χ4n) is 2.39. The van der Waals surface area contributed by atoms with Crippen molar-refractivity contribution in [3.63, 3.8) is 0 Å². The lowest BCUT2D eigenvalue weighted by Crippen LogP contribution is -2.41. The summed E-state index contributed by atoms with van der Waals surface area (Å²) in [7, 11) is 0. The molecule has 1 saturated carbocycles. The number of hydrogen-bond acceptors (Lipinski definition) is 4. The van der Waals surface area contributed by atoms with E-state index in [-0.39, 0.29) is 12.4 Å². The fraction of sp³-hybridized carbons (Fsp3) is 0.400. The van der Waals surface area contributed by atoms with E-state index in [0.29, 0.717) is 12.6 Å². The maximum absolute atomic E-state index is 12.9. The molecule has 1 N–H and O–H groups in total. The minimum absolute atomic E-state index is 0.141. The molecule has 1 heterocycles. The van der Waals surface area contributed by atoms with Crippen LogP contribution in [0, 0.1) is 5.82 Å². The standard InChI is InChI=1S/C15H17FN2OS/c16-12-6-4-11(5-7-12)14-10-20-15(17-14)18(8-9-19)13-2-1-3-13/h4-7,10,13,19H,1-3,8-9H2. The zero-order valence-corrected chi connectivity index (χ0v) is 11.9. The summed E-state index contributed by atoms with van der Waals surface area (Å²) < 4.78 is 12.9. The average Bonchev–Trinajstić information content (AvgIpc) is 2.86. The Kier molecular flexibility index (Phi) is 3.98. The molecule has 20 heavy (non-hydrogen) atoms. The number of aliphatic hydroxyl groups is 1. The third-order valence-corrected chi connectivity index (χ3v) is 4.61. The van der Waals surface area contributed by atoms with E-state index >= 15 is 0 Å². The molecular formula is C15H17FN2OS. The topological polar surface area (TPSA) is 36.4 Å². The van der Waals surface area contributed by atoms with E-state index < -0.39 is 0 Å². The Morgan fingerprint density at radius 2 is 2.05 bits per heavy atom. The van der Waals surface area contributed by atoms with E-state index in [2.05, 4.69) is 9.88 Å². The van der Waals surface area contributed by atoms with E-state index in [4.69, 9.17) is 0 Å². The van der Waals surface area contributed by atoms with Gasteiger partial charge in [-0.3, -0.25) is 0 Å². The largest absolute Gasteiger partial charge is 0.395 e. The minimum Gasteiger partial charge on any atom is -0.395 e. The van der Waals surface area contributed by atoms with Crippen molar-refractivity contribution in [2.24, 2.45) is 0 Å². The number of aliphatic hydroxyl groups excluding tert-OH is 1. The molecule has 1 aliphatic carbocycles. The molecule has 0 unspecified atom stereocenters. The number of hydrogen-bond donors (Lipinski definition) is 1. The summed E-state index contributed by atoms with van der Waals surface area (Å²) in [5.74, 6) is -0.236. The van der Waals surface area contributed by atoms with Gasteiger partial charge in [-0.15, -0.1) is 11.3 Å². The number of benzene rings is 1. The van der Waals surface area contributed by atoms with E-state index in [9.17, 15) is 9.50 Å². The smallest absolute Gasteiger partial charge is 0.186 e. The number of rotatable bonds is 5. The summed E-state index contributed by atoms with van der Waals surface area (Å²) >= 11 is 1.58. The van der Waals surface area contributed by atoms with E-state index in [1.54, 1.807) is 23.5 Å². The molecule has 3 rings (SSSR count). The predicted octanol–water partition coefficient (Wildman–Crippen LogP) is 3.30. The van der Waals surface area contributed by atoms with Crippen molar-refractivity contribution in [3.05, 3.63) is 35.5 Å². The van der Waals surface area contributed by atoms with Gasteiger partial charge < -0.3 is 10.0 Å². The van der Waals surface area contributed by atoms with Crippen LogP contribution < -0.4 is 4.90 Å². The second kappa shape index (κ2) is 5.89. The first-order chi connectivity index (χ1) is 9.78. The van der Waals surface area contributed by atoms with Crippen LogP contribution in [0.3, 0.4) is 0 Å². The molecule has 1 aromatic carbocycles. The van der Waals surface area contributed by atoms with Crippen LogP contribution in [0.1, 0.15) is 19.3 Å². The van der Waals surface area contributed by atoms with Crippen LogP contribution in [0.2, 0.25) is 0 Å². The van der Waals surface area contributed by atoms with Crippen LogP contribution in [0.4, 0.5) is 9.52 Å². The first-order valence-corrected chi connectivity index (χ1v) is 7.75. The normalized spacial score (nSPS) is 15.1. The van der Waals surface area contributed by atoms with Crippen molar-refractivity contribution in [2.75, 3.05) is 18.1 Å². The van der Waals surface area contributed by atoms with E-state index in [1.807, 2.05) is 5.38 Å². The van der Waals surface area contributed by atoms with Crippen molar-refractivity contribution >= 4 is 16.5 Å². The first kappa shape index (κ1) is 13.5. The third-order valence-electron chi connectivity index (χ3n) is 3.73. The Bertz CT molecular complexity index is 566. The molecule has 0 radical (unpaired) electrons. The predicted molar refractivity (Wildman–Crippen MR) is 79.6 cm³/mol. The highest BCUT2D eigenvalue weighted by Gasteiger charge is 2.26. The molecule has 2 aromatic rings. The van der Waals surface area contributed by atoms with Crippen LogP contribution in [0.5, 0.6) is 0 Å². The van der Waals surface area contributed by atoms with Gasteiger partial charge in [0.1, 0.15) is 5.82 Å². The fourth-order valence-corrected chi connectivity index (χ4v) is 3.32. The quantitative estimate of drug-likeness (QED) is 0.918. The highest BCUT2D eigenvalue weighted by molar-refractivity contribution is 7.14. The summed E-state index contributed by atoms with van der Waals surface area (Å²) in [6.07, 6.45) is 3.60. The van der Waals surface area contributed by atoms with Gasteiger partial charge >= 0.3 is 0 Å². The maximum Gasteiger partial charge on any atom is 0.186 e. The third kappa shape index (κ3) is 2.69. The lowest BCUT2D eigenvalue weighted by molar-refractivity contribution is 0.283. The summed E-state index contributed by atoms with van der Waals surface area (Å²) in [5, 5.41) is 12.2. The summed E-state index contributed by atoms with van der Waals surface area (Å²) in [6.45, 7) is 0.767. The van der Waals surface area contributed by atoms with Gasteiger partial charge in [0, 0.05) is 23.5 Å². The molecule has 0 saturated heterocycles. The van der Waals surface area contributed by atoms with Crippen molar-refractivity contribution < 1.29 is 9.50 Å². The molecule has 0 spiro atoms. The van der Waals surface area contributed by atoms with Crippen molar-refractivity contribution in [3.8, 4) is 11.3 Å². The van der Waals surface area contributed by atoms with Gasteiger partial charge in [0.15, 0.2) is 5.13 Å². The van der Waals surface area contributed by atoms with Gasteiger partial charge in [-0.1, -0.05) is 0 Å². The Balaban J connectivity index is 1.82. The zero-order valence-electron chi connectivity index (χ0n) is 11.1. The van der Waals surface area contributed by atoms with E-state index in [1.165, 1.54) is 31.4 Å². The number of halogens is 1. The molecule has 0 bridgehead atoms. The SMILES string of the molecule is OCCN(c1nc(-c2ccc(F)cc2)cs1)C1CCC1. The van der Waals surface area contributed by atoms with Crippen LogP contribution >= 0.6 is 11.3 Å². The molecule has 1 aromatic heterocycles. The highest BCUT2D eigenvalue weighted by atomic mass is 32.1. The molecule has 1 aliphatic rings. The number of aromatic nitrogens is 1. The first-order valence-electron chi connectivity index (χ1n) is 6.87. The molecule has 0 atom stereocenters. The number of thiazole rings is 1. The highest BCUT2D eigenvalue weighted by Crippen LogP contribution is 2.33. The Hall–Kier alpha value is -1.46. The van der Waals surface area contributed by atoms with E-state index in [0.717, 1.165) is 16.4 Å². The Morgan fingerprint density at radius 3 is 2.65 bits per heavy atom. The molecule has 0 amide bonds. The lowest BCUT2D eigenvalue weighted by atomic mass is 9.92. The molecular weight excluding hydrogens is 275 g/mol. The maximum atomic E-state index is 12.9. The molecule has 1 fully saturated rings. The van der Waals surface area contributed by atoms with Gasteiger partial charge in [-0.2, -0.15) is 0 Å². The average molecular weight is 292 g/mol. The van der Waals surface area contributed by atoms with Gasteiger partial charge in [0.05, 0.1) is 12.3 Å². The van der Waals surface area contributed by atoms with Crippen molar-refractivity contribution in [1.29, 1.82) is 0 Å². The monoisotopic (exact) mass is 292 g/mol. The second-order valence-electron chi connectivity index (χ2n) is 5.02. The number of anilines is 1. The van der Waals surface area contributed by atoms with Gasteiger partial charge in [0.25, 0.3) is 0 Å². The second-order valence-corrected chi connectivity index (χ2v) is 5.86. The van der Waals surface area contributed by atoms with Crippen LogP contribution in [-0.2, 0) is 0 Å². The molecule has 0 aliphatic heterocycles. The van der Waals surface area contributed by atoms with Gasteiger partial charge in [0.2, 0.25) is 0 Å². The van der Waals surface area contributed by atoms with Gasteiger partial charge in [-0.25, -0.2) is 9.37 Å². The summed E-state index contributed by atoms with van der Waals surface area (Å²) in [6, 6.07) is 6.90. The van der Waals surface area contributed by atoms with Crippen LogP contribution in [-0.4, -0.2) is 29.3 Å². The number of nitrogens with zero attached hydrogens (tertiary/aromatic N) is 2.